The van der Waals surface area contributed by atoms with Crippen molar-refractivity contribution in [3.05, 3.63) is 12.2 Å². The summed E-state index contributed by atoms with van der Waals surface area (Å²) in [5.41, 5.74) is 0.427. The van der Waals surface area contributed by atoms with Gasteiger partial charge in [0.1, 0.15) is 0 Å². The normalized spacial score (nSPS) is 12.4. The first kappa shape index (κ1) is 15.4. The van der Waals surface area contributed by atoms with E-state index in [9.17, 15) is 9.59 Å². The summed E-state index contributed by atoms with van der Waals surface area (Å²) < 4.78 is 5.01. The number of ether oxygens (including phenoxy) is 1. The lowest BCUT2D eigenvalue weighted by molar-refractivity contribution is -0.139. The Morgan fingerprint density at radius 2 is 1.94 bits per heavy atom. The molecule has 0 aliphatic heterocycles. The molecule has 16 heavy (non-hydrogen) atoms. The van der Waals surface area contributed by atoms with Crippen molar-refractivity contribution in [1.82, 2.24) is 0 Å². The van der Waals surface area contributed by atoms with Crippen molar-refractivity contribution in [3.63, 3.8) is 0 Å². The van der Waals surface area contributed by atoms with Crippen LogP contribution in [0.25, 0.3) is 0 Å². The lowest BCUT2D eigenvalue weighted by atomic mass is 10.1. The molecular weight excluding hydrogens is 220 g/mol. The second-order valence-electron chi connectivity index (χ2n) is 5.46. The largest absolute Gasteiger partial charge is 0.462 e. The average Bonchev–Trinajstić information content (AvgIpc) is 2.09. The van der Waals surface area contributed by atoms with Crippen LogP contribution in [0.3, 0.4) is 0 Å². The molecule has 0 aromatic rings. The van der Waals surface area contributed by atoms with Crippen molar-refractivity contribution in [2.45, 2.75) is 51.7 Å². The average molecular weight is 244 g/mol. The van der Waals surface area contributed by atoms with Gasteiger partial charge in [-0.15, -0.1) is 0 Å². The van der Waals surface area contributed by atoms with Gasteiger partial charge in [0.25, 0.3) is 0 Å². The first-order valence-corrected chi connectivity index (χ1v) is 8.57. The third kappa shape index (κ3) is 4.94. The highest BCUT2D eigenvalue weighted by Gasteiger charge is 2.37. The van der Waals surface area contributed by atoms with E-state index in [4.69, 9.17) is 4.74 Å². The van der Waals surface area contributed by atoms with E-state index in [2.05, 4.69) is 20.4 Å². The minimum atomic E-state index is -2.14. The van der Waals surface area contributed by atoms with Crippen molar-refractivity contribution in [2.24, 2.45) is 0 Å². The Labute approximate surface area is 99.6 Å². The molecule has 0 aromatic heterocycles. The zero-order valence-corrected chi connectivity index (χ0v) is 12.1. The maximum Gasteiger partial charge on any atom is 0.333 e. The van der Waals surface area contributed by atoms with Gasteiger partial charge in [-0.25, -0.2) is 4.79 Å². The molecule has 0 radical (unpaired) electrons. The minimum absolute atomic E-state index is 0.0529. The zero-order chi connectivity index (χ0) is 13.0. The molecule has 0 saturated carbocycles. The summed E-state index contributed by atoms with van der Waals surface area (Å²) in [4.78, 5) is 21.2. The number of carbonyl (C=O) groups is 1. The predicted octanol–water partition coefficient (Wildman–Crippen LogP) is 2.86. The number of rotatable bonds is 6. The lowest BCUT2D eigenvalue weighted by Crippen LogP contribution is -2.39. The Bertz CT molecular complexity index is 264. The van der Waals surface area contributed by atoms with Crippen LogP contribution in [-0.4, -0.2) is 25.7 Å². The van der Waals surface area contributed by atoms with Gasteiger partial charge in [0.15, 0.2) is 8.32 Å². The van der Waals surface area contributed by atoms with E-state index < -0.39 is 8.32 Å². The molecule has 1 N–H and O–H groups in total. The lowest BCUT2D eigenvalue weighted by Gasteiger charge is -2.34. The van der Waals surface area contributed by atoms with Crippen LogP contribution in [0.1, 0.15) is 33.6 Å². The number of esters is 1. The summed E-state index contributed by atoms with van der Waals surface area (Å²) in [6.07, 6.45) is 1.65. The number of hydrogen-bond acceptors (Lipinski definition) is 3. The molecule has 0 saturated heterocycles. The van der Waals surface area contributed by atoms with Crippen LogP contribution in [-0.2, 0) is 9.53 Å². The van der Waals surface area contributed by atoms with Crippen LogP contribution in [0.2, 0.25) is 18.1 Å². The molecule has 0 unspecified atom stereocenters. The Morgan fingerprint density at radius 3 is 2.31 bits per heavy atom. The molecule has 0 rings (SSSR count). The van der Waals surface area contributed by atoms with Crippen LogP contribution >= 0.6 is 0 Å². The molecule has 0 heterocycles. The molecule has 0 aliphatic carbocycles. The van der Waals surface area contributed by atoms with Crippen LogP contribution < -0.4 is 0 Å². The van der Waals surface area contributed by atoms with Crippen molar-refractivity contribution < 1.29 is 14.3 Å². The van der Waals surface area contributed by atoms with Crippen molar-refractivity contribution in [2.75, 3.05) is 6.61 Å². The van der Waals surface area contributed by atoms with E-state index >= 15 is 0 Å². The Morgan fingerprint density at radius 1 is 1.44 bits per heavy atom. The van der Waals surface area contributed by atoms with Crippen LogP contribution in [0.5, 0.6) is 0 Å². The van der Waals surface area contributed by atoms with Crippen molar-refractivity contribution in [3.8, 4) is 0 Å². The molecule has 4 heteroatoms. The Kier molecular flexibility index (Phi) is 5.42. The summed E-state index contributed by atoms with van der Waals surface area (Å²) in [6, 6.07) is 0. The molecule has 0 atom stereocenters. The van der Waals surface area contributed by atoms with Gasteiger partial charge >= 0.3 is 5.97 Å². The molecule has 0 bridgehead atoms. The molecule has 0 aliphatic rings. The van der Waals surface area contributed by atoms with Gasteiger partial charge in [0, 0.05) is 5.57 Å². The van der Waals surface area contributed by atoms with E-state index in [1.807, 2.05) is 13.1 Å². The first-order valence-electron chi connectivity index (χ1n) is 5.63. The molecule has 0 fully saturated rings. The van der Waals surface area contributed by atoms with Gasteiger partial charge < -0.3 is 9.53 Å². The maximum absolute atomic E-state index is 11.1. The number of hydrogen-bond donors (Lipinski definition) is 1. The predicted molar refractivity (Wildman–Crippen MR) is 68.7 cm³/mol. The molecule has 0 spiro atoms. The maximum atomic E-state index is 11.1. The van der Waals surface area contributed by atoms with E-state index in [0.29, 0.717) is 12.2 Å². The highest BCUT2D eigenvalue weighted by molar-refractivity contribution is 6.72. The first-order chi connectivity index (χ1) is 7.08. The van der Waals surface area contributed by atoms with Gasteiger partial charge in [0.05, 0.1) is 6.61 Å². The van der Waals surface area contributed by atoms with Gasteiger partial charge in [-0.05, 0) is 37.9 Å². The van der Waals surface area contributed by atoms with Gasteiger partial charge in [-0.2, -0.15) is 0 Å². The summed E-state index contributed by atoms with van der Waals surface area (Å²) in [5, 5.41) is -0.0529. The summed E-state index contributed by atoms with van der Waals surface area (Å²) in [6.45, 7) is 13.6. The fourth-order valence-electron chi connectivity index (χ4n) is 1.11. The quantitative estimate of drug-likeness (QED) is 0.338. The Hall–Kier alpha value is -0.613. The topological polar surface area (TPSA) is 46.5 Å². The second-order valence-corrected chi connectivity index (χ2v) is 9.93. The third-order valence-electron chi connectivity index (χ3n) is 3.18. The summed E-state index contributed by atoms with van der Waals surface area (Å²) in [7, 11) is -2.14. The van der Waals surface area contributed by atoms with Crippen LogP contribution in [0.4, 0.5) is 0 Å². The molecular formula is C12H24O3Si. The summed E-state index contributed by atoms with van der Waals surface area (Å²) >= 11 is 0. The minimum Gasteiger partial charge on any atom is -0.462 e. The van der Waals surface area contributed by atoms with Gasteiger partial charge in [0.2, 0.25) is 0 Å². The second kappa shape index (κ2) is 5.64. The van der Waals surface area contributed by atoms with Crippen molar-refractivity contribution in [1.29, 1.82) is 0 Å². The zero-order valence-electron chi connectivity index (χ0n) is 11.1. The van der Waals surface area contributed by atoms with Crippen LogP contribution in [0.15, 0.2) is 12.2 Å². The fraction of sp³-hybridized carbons (Fsp3) is 0.750. The standard InChI is InChI=1S/C12H24O3Si/c1-10(2)11(13)15-9-7-8-12(3,4)16(5,6)14/h14H,1,7-9H2,2-6H3. The molecule has 0 amide bonds. The van der Waals surface area contributed by atoms with E-state index in [0.717, 1.165) is 12.8 Å². The van der Waals surface area contributed by atoms with Gasteiger partial charge in [-0.3, -0.25) is 0 Å². The Balaban J connectivity index is 3.92. The van der Waals surface area contributed by atoms with Crippen molar-refractivity contribution >= 4 is 14.3 Å². The SMILES string of the molecule is C=C(C)C(=O)OCCCC(C)(C)[Si](C)(C)O. The van der Waals surface area contributed by atoms with Gasteiger partial charge in [-0.1, -0.05) is 20.4 Å². The third-order valence-corrected chi connectivity index (χ3v) is 6.75. The van der Waals surface area contributed by atoms with E-state index in [1.165, 1.54) is 0 Å². The number of carbonyl (C=O) groups excluding carboxylic acids is 1. The van der Waals surface area contributed by atoms with E-state index in [-0.39, 0.29) is 11.0 Å². The smallest absolute Gasteiger partial charge is 0.333 e. The monoisotopic (exact) mass is 244 g/mol. The van der Waals surface area contributed by atoms with Crippen LogP contribution in [0, 0.1) is 0 Å². The summed E-state index contributed by atoms with van der Waals surface area (Å²) in [5.74, 6) is -0.335. The highest BCUT2D eigenvalue weighted by atomic mass is 28.4. The molecule has 0 aromatic carbocycles. The van der Waals surface area contributed by atoms with E-state index in [1.54, 1.807) is 6.92 Å². The molecule has 94 valence electrons. The highest BCUT2D eigenvalue weighted by Crippen LogP contribution is 2.39. The molecule has 3 nitrogen and oxygen atoms in total. The fourth-order valence-corrected chi connectivity index (χ4v) is 1.90.